The van der Waals surface area contributed by atoms with Gasteiger partial charge in [0.2, 0.25) is 0 Å². The van der Waals surface area contributed by atoms with Crippen molar-refractivity contribution in [1.82, 2.24) is 10.2 Å². The Balaban J connectivity index is 0.00000264. The van der Waals surface area contributed by atoms with E-state index in [0.29, 0.717) is 16.7 Å². The molecule has 1 aromatic heterocycles. The van der Waals surface area contributed by atoms with E-state index in [4.69, 9.17) is 0 Å². The molecule has 0 saturated heterocycles. The topological polar surface area (TPSA) is 76.8 Å². The SMILES string of the molecule is CCN(CC)c1ccc(N=Nc2nnc(C(C)C)s2)c([O-])c1.[Ni+2]. The van der Waals surface area contributed by atoms with Crippen molar-refractivity contribution in [1.29, 1.82) is 0 Å². The van der Waals surface area contributed by atoms with Gasteiger partial charge in [-0.25, -0.2) is 0 Å². The Hall–Kier alpha value is -1.53. The van der Waals surface area contributed by atoms with Gasteiger partial charge in [-0.2, -0.15) is 0 Å². The molecule has 6 nitrogen and oxygen atoms in total. The Morgan fingerprint density at radius 1 is 1.17 bits per heavy atom. The quantitative estimate of drug-likeness (QED) is 0.563. The molecule has 0 unspecified atom stereocenters. The molecular formula is C15H20N5NiOS+. The molecule has 2 rings (SSSR count). The smallest absolute Gasteiger partial charge is 0.871 e. The number of aromatic nitrogens is 2. The van der Waals surface area contributed by atoms with Crippen LogP contribution >= 0.6 is 11.3 Å². The van der Waals surface area contributed by atoms with E-state index >= 15 is 0 Å². The van der Waals surface area contributed by atoms with Crippen molar-refractivity contribution in [2.45, 2.75) is 33.6 Å². The van der Waals surface area contributed by atoms with Crippen LogP contribution in [0.4, 0.5) is 16.5 Å². The molecule has 0 N–H and O–H groups in total. The first kappa shape index (κ1) is 19.5. The Kier molecular flexibility index (Phi) is 7.59. The first-order chi connectivity index (χ1) is 10.5. The molecule has 0 aliphatic heterocycles. The molecule has 2 aromatic rings. The van der Waals surface area contributed by atoms with Crippen molar-refractivity contribution in [3.8, 4) is 5.75 Å². The fourth-order valence-electron chi connectivity index (χ4n) is 1.97. The third-order valence-electron chi connectivity index (χ3n) is 3.24. The zero-order valence-corrected chi connectivity index (χ0v) is 15.4. The van der Waals surface area contributed by atoms with E-state index in [1.807, 2.05) is 19.9 Å². The number of rotatable bonds is 6. The average molecular weight is 377 g/mol. The molecule has 0 aliphatic carbocycles. The van der Waals surface area contributed by atoms with Crippen LogP contribution in [0, 0.1) is 0 Å². The van der Waals surface area contributed by atoms with Crippen LogP contribution in [0.2, 0.25) is 0 Å². The van der Waals surface area contributed by atoms with Crippen LogP contribution in [0.5, 0.6) is 5.75 Å². The van der Waals surface area contributed by atoms with Gasteiger partial charge in [0.25, 0.3) is 5.13 Å². The molecule has 0 amide bonds. The third-order valence-corrected chi connectivity index (χ3v) is 4.35. The van der Waals surface area contributed by atoms with Crippen LogP contribution in [-0.4, -0.2) is 23.3 Å². The van der Waals surface area contributed by atoms with Gasteiger partial charge in [0.05, 0.1) is 5.69 Å². The molecule has 126 valence electrons. The predicted octanol–water partition coefficient (Wildman–Crippen LogP) is 3.99. The Morgan fingerprint density at radius 3 is 2.39 bits per heavy atom. The van der Waals surface area contributed by atoms with Crippen LogP contribution in [0.1, 0.15) is 38.6 Å². The molecular weight excluding hydrogens is 357 g/mol. The number of anilines is 1. The molecule has 0 aliphatic rings. The van der Waals surface area contributed by atoms with E-state index in [9.17, 15) is 5.11 Å². The maximum absolute atomic E-state index is 12.1. The second-order valence-electron chi connectivity index (χ2n) is 5.10. The fraction of sp³-hybridized carbons (Fsp3) is 0.467. The van der Waals surface area contributed by atoms with Gasteiger partial charge in [-0.15, -0.1) is 20.4 Å². The maximum atomic E-state index is 12.1. The van der Waals surface area contributed by atoms with Gasteiger partial charge in [-0.3, -0.25) is 0 Å². The summed E-state index contributed by atoms with van der Waals surface area (Å²) < 4.78 is 0. The van der Waals surface area contributed by atoms with Crippen molar-refractivity contribution in [2.24, 2.45) is 10.2 Å². The largest absolute Gasteiger partial charge is 2.00 e. The van der Waals surface area contributed by atoms with Crippen LogP contribution < -0.4 is 10.0 Å². The molecule has 0 fully saturated rings. The van der Waals surface area contributed by atoms with Gasteiger partial charge in [-0.05, 0) is 32.0 Å². The molecule has 1 heterocycles. The van der Waals surface area contributed by atoms with Crippen LogP contribution in [0.15, 0.2) is 28.4 Å². The van der Waals surface area contributed by atoms with Crippen molar-refractivity contribution < 1.29 is 21.6 Å². The van der Waals surface area contributed by atoms with E-state index in [-0.39, 0.29) is 22.2 Å². The number of nitrogens with zero attached hydrogens (tertiary/aromatic N) is 5. The minimum atomic E-state index is -0.137. The summed E-state index contributed by atoms with van der Waals surface area (Å²) in [5, 5.41) is 29.5. The standard InChI is InChI=1S/C15H21N5OS.Ni/c1-5-20(6-2)11-7-8-12(13(21)9-11)16-18-15-19-17-14(22-15)10(3)4;/h7-10,21H,5-6H2,1-4H3;/q;+2/p-1. The summed E-state index contributed by atoms with van der Waals surface area (Å²) >= 11 is 1.39. The minimum Gasteiger partial charge on any atom is -0.871 e. The summed E-state index contributed by atoms with van der Waals surface area (Å²) in [4.78, 5) is 2.11. The second kappa shape index (κ2) is 8.94. The molecule has 0 atom stereocenters. The zero-order chi connectivity index (χ0) is 16.1. The molecule has 0 spiro atoms. The van der Waals surface area contributed by atoms with Gasteiger partial charge in [0.1, 0.15) is 5.01 Å². The molecule has 8 heteroatoms. The van der Waals surface area contributed by atoms with E-state index in [1.165, 1.54) is 11.3 Å². The summed E-state index contributed by atoms with van der Waals surface area (Å²) in [6.45, 7) is 9.93. The van der Waals surface area contributed by atoms with E-state index in [2.05, 4.69) is 39.2 Å². The summed E-state index contributed by atoms with van der Waals surface area (Å²) in [7, 11) is 0. The third kappa shape index (κ3) is 4.98. The molecule has 0 radical (unpaired) electrons. The molecule has 0 bridgehead atoms. The van der Waals surface area contributed by atoms with E-state index in [0.717, 1.165) is 23.8 Å². The van der Waals surface area contributed by atoms with Gasteiger partial charge in [-0.1, -0.05) is 30.9 Å². The van der Waals surface area contributed by atoms with Gasteiger partial charge in [0.15, 0.2) is 0 Å². The molecule has 23 heavy (non-hydrogen) atoms. The van der Waals surface area contributed by atoms with E-state index < -0.39 is 0 Å². The number of azo groups is 1. The van der Waals surface area contributed by atoms with Gasteiger partial charge >= 0.3 is 16.5 Å². The number of hydrogen-bond donors (Lipinski definition) is 0. The van der Waals surface area contributed by atoms with Crippen molar-refractivity contribution >= 4 is 27.8 Å². The summed E-state index contributed by atoms with van der Waals surface area (Å²) in [6, 6.07) is 5.19. The van der Waals surface area contributed by atoms with Crippen molar-refractivity contribution in [3.63, 3.8) is 0 Å². The minimum absolute atomic E-state index is 0. The average Bonchev–Trinajstić information content (AvgIpc) is 2.97. The fourth-order valence-corrected chi connectivity index (χ4v) is 2.64. The monoisotopic (exact) mass is 376 g/mol. The number of benzene rings is 1. The number of hydrogen-bond acceptors (Lipinski definition) is 7. The first-order valence-electron chi connectivity index (χ1n) is 7.36. The van der Waals surface area contributed by atoms with Crippen LogP contribution in [0.25, 0.3) is 0 Å². The van der Waals surface area contributed by atoms with Gasteiger partial charge < -0.3 is 10.0 Å². The Bertz CT molecular complexity index is 655. The summed E-state index contributed by atoms with van der Waals surface area (Å²) in [6.07, 6.45) is 0. The van der Waals surface area contributed by atoms with Crippen LogP contribution in [0.3, 0.4) is 0 Å². The predicted molar refractivity (Wildman–Crippen MR) is 87.6 cm³/mol. The van der Waals surface area contributed by atoms with Crippen molar-refractivity contribution in [3.05, 3.63) is 23.2 Å². The maximum Gasteiger partial charge on any atom is 2.00 e. The first-order valence-corrected chi connectivity index (χ1v) is 8.17. The normalized spacial score (nSPS) is 11.0. The zero-order valence-electron chi connectivity index (χ0n) is 13.6. The van der Waals surface area contributed by atoms with Gasteiger partial charge in [0, 0.05) is 24.7 Å². The Labute approximate surface area is 150 Å². The van der Waals surface area contributed by atoms with Crippen molar-refractivity contribution in [2.75, 3.05) is 18.0 Å². The van der Waals surface area contributed by atoms with Crippen LogP contribution in [-0.2, 0) is 16.5 Å². The molecule has 1 aromatic carbocycles. The summed E-state index contributed by atoms with van der Waals surface area (Å²) in [5.74, 6) is 0.173. The summed E-state index contributed by atoms with van der Waals surface area (Å²) in [5.41, 5.74) is 1.23. The molecule has 0 saturated carbocycles. The Morgan fingerprint density at radius 2 is 1.87 bits per heavy atom. The van der Waals surface area contributed by atoms with E-state index in [1.54, 1.807) is 12.1 Å². The second-order valence-corrected chi connectivity index (χ2v) is 6.09.